The topological polar surface area (TPSA) is 88.5 Å². The molecule has 0 atom stereocenters. The van der Waals surface area contributed by atoms with E-state index in [4.69, 9.17) is 0 Å². The number of benzene rings is 1. The van der Waals surface area contributed by atoms with Crippen LogP contribution in [0, 0.1) is 13.8 Å². The molecule has 1 aromatic carbocycles. The first-order valence-corrected chi connectivity index (χ1v) is 8.04. The Kier molecular flexibility index (Phi) is 3.49. The molecular formula is C18H18N6O. The van der Waals surface area contributed by atoms with Gasteiger partial charge in [-0.25, -0.2) is 9.67 Å². The zero-order chi connectivity index (χ0) is 17.6. The number of carbonyl (C=O) groups is 1. The highest BCUT2D eigenvalue weighted by molar-refractivity contribution is 5.96. The van der Waals surface area contributed by atoms with E-state index in [-0.39, 0.29) is 5.91 Å². The van der Waals surface area contributed by atoms with Crippen LogP contribution < -0.4 is 5.32 Å². The summed E-state index contributed by atoms with van der Waals surface area (Å²) in [7, 11) is 1.77. The first-order valence-electron chi connectivity index (χ1n) is 8.04. The lowest BCUT2D eigenvalue weighted by Gasteiger charge is -2.06. The van der Waals surface area contributed by atoms with Crippen molar-refractivity contribution in [2.45, 2.75) is 20.4 Å². The number of hydrogen-bond acceptors (Lipinski definition) is 4. The summed E-state index contributed by atoms with van der Waals surface area (Å²) >= 11 is 0. The molecule has 2 N–H and O–H groups in total. The van der Waals surface area contributed by atoms with Gasteiger partial charge in [0.1, 0.15) is 5.52 Å². The third-order valence-electron chi connectivity index (χ3n) is 4.53. The highest BCUT2D eigenvalue weighted by atomic mass is 16.1. The van der Waals surface area contributed by atoms with Crippen molar-refractivity contribution in [3.8, 4) is 0 Å². The normalized spacial score (nSPS) is 11.3. The molecule has 25 heavy (non-hydrogen) atoms. The van der Waals surface area contributed by atoms with Crippen molar-refractivity contribution in [3.63, 3.8) is 0 Å². The zero-order valence-corrected chi connectivity index (χ0v) is 14.3. The summed E-state index contributed by atoms with van der Waals surface area (Å²) in [4.78, 5) is 20.0. The molecule has 4 aromatic rings. The van der Waals surface area contributed by atoms with Crippen LogP contribution in [-0.4, -0.2) is 30.9 Å². The van der Waals surface area contributed by atoms with Crippen LogP contribution in [0.2, 0.25) is 0 Å². The van der Waals surface area contributed by atoms with E-state index >= 15 is 0 Å². The van der Waals surface area contributed by atoms with Gasteiger partial charge in [-0.05, 0) is 43.2 Å². The Bertz CT molecular complexity index is 1110. The van der Waals surface area contributed by atoms with Gasteiger partial charge in [0, 0.05) is 36.4 Å². The van der Waals surface area contributed by atoms with Crippen LogP contribution in [0.15, 0.2) is 30.5 Å². The third kappa shape index (κ3) is 2.63. The Morgan fingerprint density at radius 1 is 1.28 bits per heavy atom. The standard InChI is InChI=1S/C18H18N6O/c1-10-11(2)21-15-5-4-12(6-14(10)15)8-20-18(25)13-7-16-17(19-9-13)24(3)23-22-16/h4-7,9,21H,8H2,1-3H3,(H,20,25). The fourth-order valence-electron chi connectivity index (χ4n) is 2.95. The van der Waals surface area contributed by atoms with E-state index in [1.165, 1.54) is 16.6 Å². The fourth-order valence-corrected chi connectivity index (χ4v) is 2.95. The van der Waals surface area contributed by atoms with Crippen LogP contribution in [0.1, 0.15) is 27.2 Å². The summed E-state index contributed by atoms with van der Waals surface area (Å²) in [6, 6.07) is 7.87. The predicted molar refractivity (Wildman–Crippen MR) is 95.2 cm³/mol. The Labute approximate surface area is 144 Å². The summed E-state index contributed by atoms with van der Waals surface area (Å²) in [5.74, 6) is -0.179. The summed E-state index contributed by atoms with van der Waals surface area (Å²) in [6.45, 7) is 4.61. The van der Waals surface area contributed by atoms with E-state index in [1.54, 1.807) is 24.0 Å². The molecule has 4 rings (SSSR count). The molecule has 0 fully saturated rings. The van der Waals surface area contributed by atoms with Gasteiger partial charge in [-0.1, -0.05) is 11.3 Å². The maximum atomic E-state index is 12.4. The number of nitrogens with zero attached hydrogens (tertiary/aromatic N) is 4. The first kappa shape index (κ1) is 15.3. The smallest absolute Gasteiger partial charge is 0.253 e. The van der Waals surface area contributed by atoms with E-state index in [1.807, 2.05) is 12.1 Å². The molecule has 0 unspecified atom stereocenters. The molecule has 0 bridgehead atoms. The lowest BCUT2D eigenvalue weighted by Crippen LogP contribution is -2.22. The number of hydrogen-bond donors (Lipinski definition) is 2. The molecule has 3 heterocycles. The largest absolute Gasteiger partial charge is 0.358 e. The number of fused-ring (bicyclic) bond motifs is 2. The number of aromatic amines is 1. The minimum absolute atomic E-state index is 0.179. The van der Waals surface area contributed by atoms with E-state index < -0.39 is 0 Å². The summed E-state index contributed by atoms with van der Waals surface area (Å²) in [5.41, 5.74) is 6.30. The lowest BCUT2D eigenvalue weighted by molar-refractivity contribution is 0.0950. The van der Waals surface area contributed by atoms with E-state index in [9.17, 15) is 4.79 Å². The summed E-state index contributed by atoms with van der Waals surface area (Å²) in [6.07, 6.45) is 1.55. The highest BCUT2D eigenvalue weighted by Crippen LogP contribution is 2.22. The maximum absolute atomic E-state index is 12.4. The number of aromatic nitrogens is 5. The quantitative estimate of drug-likeness (QED) is 0.602. The van der Waals surface area contributed by atoms with E-state index in [0.717, 1.165) is 11.1 Å². The van der Waals surface area contributed by atoms with Crippen molar-refractivity contribution in [1.82, 2.24) is 30.3 Å². The molecule has 0 saturated heterocycles. The highest BCUT2D eigenvalue weighted by Gasteiger charge is 2.11. The molecule has 3 aromatic heterocycles. The Balaban J connectivity index is 1.53. The number of pyridine rings is 1. The van der Waals surface area contributed by atoms with Gasteiger partial charge in [0.05, 0.1) is 5.56 Å². The first-order chi connectivity index (χ1) is 12.0. The molecule has 0 aliphatic carbocycles. The van der Waals surface area contributed by atoms with Crippen molar-refractivity contribution < 1.29 is 4.79 Å². The molecule has 1 amide bonds. The molecule has 0 spiro atoms. The fraction of sp³-hybridized carbons (Fsp3) is 0.222. The van der Waals surface area contributed by atoms with Gasteiger partial charge in [-0.15, -0.1) is 5.10 Å². The van der Waals surface area contributed by atoms with Gasteiger partial charge in [0.2, 0.25) is 0 Å². The van der Waals surface area contributed by atoms with Gasteiger partial charge in [0.15, 0.2) is 5.65 Å². The monoisotopic (exact) mass is 334 g/mol. The van der Waals surface area contributed by atoms with Crippen molar-refractivity contribution in [1.29, 1.82) is 0 Å². The van der Waals surface area contributed by atoms with Crippen molar-refractivity contribution >= 4 is 28.0 Å². The van der Waals surface area contributed by atoms with Crippen molar-refractivity contribution in [2.75, 3.05) is 0 Å². The number of nitrogens with one attached hydrogen (secondary N) is 2. The van der Waals surface area contributed by atoms with Gasteiger partial charge in [0.25, 0.3) is 5.91 Å². The number of carbonyl (C=O) groups excluding carboxylic acids is 1. The van der Waals surface area contributed by atoms with Crippen molar-refractivity contribution in [2.24, 2.45) is 7.05 Å². The van der Waals surface area contributed by atoms with E-state index in [0.29, 0.717) is 23.3 Å². The third-order valence-corrected chi connectivity index (χ3v) is 4.53. The Morgan fingerprint density at radius 2 is 2.12 bits per heavy atom. The Hall–Kier alpha value is -3.22. The van der Waals surface area contributed by atoms with Gasteiger partial charge >= 0.3 is 0 Å². The predicted octanol–water partition coefficient (Wildman–Crippen LogP) is 2.39. The molecule has 126 valence electrons. The van der Waals surface area contributed by atoms with Crippen LogP contribution in [0.25, 0.3) is 22.1 Å². The molecule has 7 heteroatoms. The molecule has 0 saturated carbocycles. The average molecular weight is 334 g/mol. The van der Waals surface area contributed by atoms with Crippen LogP contribution >= 0.6 is 0 Å². The minimum Gasteiger partial charge on any atom is -0.358 e. The number of amides is 1. The zero-order valence-electron chi connectivity index (χ0n) is 14.3. The van der Waals surface area contributed by atoms with Gasteiger partial charge in [-0.2, -0.15) is 0 Å². The second kappa shape index (κ2) is 5.70. The van der Waals surface area contributed by atoms with Gasteiger partial charge < -0.3 is 10.3 Å². The van der Waals surface area contributed by atoms with Crippen molar-refractivity contribution in [3.05, 3.63) is 52.8 Å². The maximum Gasteiger partial charge on any atom is 0.253 e. The summed E-state index contributed by atoms with van der Waals surface area (Å²) < 4.78 is 1.58. The van der Waals surface area contributed by atoms with Crippen LogP contribution in [-0.2, 0) is 13.6 Å². The molecule has 0 radical (unpaired) electrons. The Morgan fingerprint density at radius 3 is 2.96 bits per heavy atom. The number of aryl methyl sites for hydroxylation is 3. The van der Waals surface area contributed by atoms with E-state index in [2.05, 4.69) is 45.5 Å². The van der Waals surface area contributed by atoms with Gasteiger partial charge in [-0.3, -0.25) is 4.79 Å². The number of H-pyrrole nitrogens is 1. The second-order valence-corrected chi connectivity index (χ2v) is 6.22. The summed E-state index contributed by atoms with van der Waals surface area (Å²) in [5, 5.41) is 12.0. The lowest BCUT2D eigenvalue weighted by atomic mass is 10.1. The van der Waals surface area contributed by atoms with Crippen LogP contribution in [0.3, 0.4) is 0 Å². The minimum atomic E-state index is -0.179. The average Bonchev–Trinajstić information content (AvgIpc) is 3.13. The van der Waals surface area contributed by atoms with Crippen LogP contribution in [0.4, 0.5) is 0 Å². The molecular weight excluding hydrogens is 316 g/mol. The molecule has 7 nitrogen and oxygen atoms in total. The number of rotatable bonds is 3. The SMILES string of the molecule is Cc1[nH]c2ccc(CNC(=O)c3cnc4c(c3)nnn4C)cc2c1C. The van der Waals surface area contributed by atoms with Crippen LogP contribution in [0.5, 0.6) is 0 Å². The molecule has 0 aliphatic heterocycles. The second-order valence-electron chi connectivity index (χ2n) is 6.22. The molecule has 0 aliphatic rings.